The summed E-state index contributed by atoms with van der Waals surface area (Å²) < 4.78 is 26.2. The number of hydrogen-bond acceptors (Lipinski definition) is 6. The molecule has 1 atom stereocenters. The number of non-ortho nitro benzene ring substituents is 1. The van der Waals surface area contributed by atoms with E-state index in [1.807, 2.05) is 0 Å². The number of nitrogens with two attached hydrogens (primary N) is 1. The monoisotopic (exact) mass is 315 g/mol. The van der Waals surface area contributed by atoms with Gasteiger partial charge in [-0.25, -0.2) is 8.42 Å². The van der Waals surface area contributed by atoms with E-state index in [0.29, 0.717) is 12.8 Å². The molecule has 21 heavy (non-hydrogen) atoms. The lowest BCUT2D eigenvalue weighted by Gasteiger charge is -2.36. The molecule has 0 spiro atoms. The highest BCUT2D eigenvalue weighted by Crippen LogP contribution is 2.30. The number of β-amino-alcohol motifs (C(OH)–C–C–N with tert-alkyl or cyclic N) is 1. The fourth-order valence-electron chi connectivity index (χ4n) is 2.40. The minimum absolute atomic E-state index is 0.0221. The Kier molecular flexibility index (Phi) is 3.91. The van der Waals surface area contributed by atoms with Crippen LogP contribution in [-0.4, -0.2) is 41.4 Å². The smallest absolute Gasteiger partial charge is 0.271 e. The SMILES string of the molecule is CC1(O)CCCN(S(=O)(=O)c2ccc([N+](=O)[O-])cc2N)C1. The van der Waals surface area contributed by atoms with E-state index >= 15 is 0 Å². The van der Waals surface area contributed by atoms with Crippen molar-refractivity contribution in [3.63, 3.8) is 0 Å². The van der Waals surface area contributed by atoms with Gasteiger partial charge < -0.3 is 10.8 Å². The minimum atomic E-state index is -3.88. The molecule has 1 fully saturated rings. The highest BCUT2D eigenvalue weighted by Gasteiger charge is 2.36. The molecule has 0 amide bonds. The summed E-state index contributed by atoms with van der Waals surface area (Å²) >= 11 is 0. The van der Waals surface area contributed by atoms with Gasteiger partial charge in [0.25, 0.3) is 5.69 Å². The van der Waals surface area contributed by atoms with Crippen LogP contribution in [0.4, 0.5) is 11.4 Å². The molecule has 1 unspecified atom stereocenters. The second-order valence-corrected chi connectivity index (χ2v) is 7.32. The van der Waals surface area contributed by atoms with Crippen LogP contribution in [0.15, 0.2) is 23.1 Å². The van der Waals surface area contributed by atoms with Gasteiger partial charge in [-0.1, -0.05) is 0 Å². The third-order valence-electron chi connectivity index (χ3n) is 3.46. The average molecular weight is 315 g/mol. The standard InChI is InChI=1S/C12H17N3O5S/c1-12(16)5-2-6-14(8-12)21(19,20)11-4-3-9(15(17)18)7-10(11)13/h3-4,7,16H,2,5-6,8,13H2,1H3. The van der Waals surface area contributed by atoms with Crippen molar-refractivity contribution in [2.24, 2.45) is 0 Å². The van der Waals surface area contributed by atoms with Crippen molar-refractivity contribution in [2.75, 3.05) is 18.8 Å². The van der Waals surface area contributed by atoms with Gasteiger partial charge in [-0.05, 0) is 25.8 Å². The van der Waals surface area contributed by atoms with E-state index in [-0.39, 0.29) is 29.4 Å². The third kappa shape index (κ3) is 3.14. The summed E-state index contributed by atoms with van der Waals surface area (Å²) in [5, 5.41) is 20.7. The van der Waals surface area contributed by atoms with Crippen LogP contribution in [0.2, 0.25) is 0 Å². The number of sulfonamides is 1. The first-order valence-corrected chi connectivity index (χ1v) is 7.84. The van der Waals surface area contributed by atoms with E-state index in [1.54, 1.807) is 6.92 Å². The number of benzene rings is 1. The molecule has 1 aromatic rings. The molecule has 3 N–H and O–H groups in total. The first-order valence-electron chi connectivity index (χ1n) is 6.40. The maximum absolute atomic E-state index is 12.5. The van der Waals surface area contributed by atoms with Gasteiger partial charge in [-0.2, -0.15) is 4.31 Å². The Bertz CT molecular complexity index is 671. The molecule has 0 radical (unpaired) electrons. The molecule has 1 saturated heterocycles. The van der Waals surface area contributed by atoms with Crippen LogP contribution in [0.5, 0.6) is 0 Å². The summed E-state index contributed by atoms with van der Waals surface area (Å²) in [6.07, 6.45) is 1.06. The van der Waals surface area contributed by atoms with E-state index in [9.17, 15) is 23.6 Å². The first-order chi connectivity index (χ1) is 9.63. The van der Waals surface area contributed by atoms with Crippen LogP contribution >= 0.6 is 0 Å². The minimum Gasteiger partial charge on any atom is -0.397 e. The lowest BCUT2D eigenvalue weighted by Crippen LogP contribution is -2.48. The molecule has 2 rings (SSSR count). The van der Waals surface area contributed by atoms with Crippen molar-refractivity contribution in [3.8, 4) is 0 Å². The van der Waals surface area contributed by atoms with Gasteiger partial charge >= 0.3 is 0 Å². The number of aliphatic hydroxyl groups is 1. The van der Waals surface area contributed by atoms with E-state index in [1.165, 1.54) is 0 Å². The Balaban J connectivity index is 2.38. The Hall–Kier alpha value is -1.71. The number of anilines is 1. The second kappa shape index (κ2) is 5.24. The molecular weight excluding hydrogens is 298 g/mol. The van der Waals surface area contributed by atoms with Gasteiger partial charge in [0.05, 0.1) is 16.2 Å². The van der Waals surface area contributed by atoms with E-state index in [0.717, 1.165) is 22.5 Å². The van der Waals surface area contributed by atoms with Gasteiger partial charge in [0.1, 0.15) is 4.90 Å². The molecule has 0 aromatic heterocycles. The topological polar surface area (TPSA) is 127 Å². The molecule has 9 heteroatoms. The van der Waals surface area contributed by atoms with E-state index < -0.39 is 20.5 Å². The number of nitrogen functional groups attached to an aromatic ring is 1. The third-order valence-corrected chi connectivity index (χ3v) is 5.38. The summed E-state index contributed by atoms with van der Waals surface area (Å²) in [5.41, 5.74) is 4.13. The summed E-state index contributed by atoms with van der Waals surface area (Å²) in [5.74, 6) is 0. The van der Waals surface area contributed by atoms with Crippen LogP contribution in [0.25, 0.3) is 0 Å². The Labute approximate surface area is 122 Å². The number of nitrogens with zero attached hydrogens (tertiary/aromatic N) is 2. The van der Waals surface area contributed by atoms with E-state index in [4.69, 9.17) is 5.73 Å². The number of hydrogen-bond donors (Lipinski definition) is 2. The number of nitro groups is 1. The largest absolute Gasteiger partial charge is 0.397 e. The predicted octanol–water partition coefficient (Wildman–Crippen LogP) is 0.713. The fourth-order valence-corrected chi connectivity index (χ4v) is 4.10. The zero-order chi connectivity index (χ0) is 15.8. The zero-order valence-electron chi connectivity index (χ0n) is 11.5. The van der Waals surface area contributed by atoms with Crippen LogP contribution < -0.4 is 5.73 Å². The average Bonchev–Trinajstić information content (AvgIpc) is 2.36. The van der Waals surface area contributed by atoms with Crippen LogP contribution in [0.1, 0.15) is 19.8 Å². The summed E-state index contributed by atoms with van der Waals surface area (Å²) in [6, 6.07) is 3.26. The van der Waals surface area contributed by atoms with Gasteiger partial charge in [0.15, 0.2) is 0 Å². The summed E-state index contributed by atoms with van der Waals surface area (Å²) in [7, 11) is -3.88. The molecule has 116 valence electrons. The summed E-state index contributed by atoms with van der Waals surface area (Å²) in [4.78, 5) is 9.84. The quantitative estimate of drug-likeness (QED) is 0.480. The van der Waals surface area contributed by atoms with Gasteiger partial charge in [0.2, 0.25) is 10.0 Å². The zero-order valence-corrected chi connectivity index (χ0v) is 12.3. The molecule has 1 aromatic carbocycles. The van der Waals surface area contributed by atoms with Crippen molar-refractivity contribution in [1.29, 1.82) is 0 Å². The van der Waals surface area contributed by atoms with Crippen LogP contribution in [-0.2, 0) is 10.0 Å². The van der Waals surface area contributed by atoms with Crippen LogP contribution in [0.3, 0.4) is 0 Å². The van der Waals surface area contributed by atoms with Crippen molar-refractivity contribution in [1.82, 2.24) is 4.31 Å². The van der Waals surface area contributed by atoms with Gasteiger partial charge in [-0.15, -0.1) is 0 Å². The van der Waals surface area contributed by atoms with Crippen molar-refractivity contribution in [3.05, 3.63) is 28.3 Å². The molecule has 1 heterocycles. The lowest BCUT2D eigenvalue weighted by molar-refractivity contribution is -0.384. The van der Waals surface area contributed by atoms with Crippen molar-refractivity contribution in [2.45, 2.75) is 30.3 Å². The molecule has 0 bridgehead atoms. The lowest BCUT2D eigenvalue weighted by atomic mass is 9.97. The Morgan fingerprint density at radius 1 is 1.48 bits per heavy atom. The molecule has 8 nitrogen and oxygen atoms in total. The molecule has 1 aliphatic heterocycles. The Morgan fingerprint density at radius 2 is 2.14 bits per heavy atom. The van der Waals surface area contributed by atoms with Crippen molar-refractivity contribution >= 4 is 21.4 Å². The summed E-state index contributed by atoms with van der Waals surface area (Å²) in [6.45, 7) is 1.84. The van der Waals surface area contributed by atoms with Gasteiger partial charge in [0, 0.05) is 25.2 Å². The number of piperidine rings is 1. The maximum atomic E-state index is 12.5. The highest BCUT2D eigenvalue weighted by atomic mass is 32.2. The highest BCUT2D eigenvalue weighted by molar-refractivity contribution is 7.89. The van der Waals surface area contributed by atoms with Crippen LogP contribution in [0, 0.1) is 10.1 Å². The second-order valence-electron chi connectivity index (χ2n) is 5.42. The molecule has 0 aliphatic carbocycles. The normalized spacial score (nSPS) is 23.9. The molecule has 1 aliphatic rings. The first kappa shape index (κ1) is 15.7. The van der Waals surface area contributed by atoms with Gasteiger partial charge in [-0.3, -0.25) is 10.1 Å². The number of nitro benzene ring substituents is 1. The van der Waals surface area contributed by atoms with E-state index in [2.05, 4.69) is 0 Å². The predicted molar refractivity (Wildman–Crippen MR) is 76.1 cm³/mol. The number of rotatable bonds is 3. The Morgan fingerprint density at radius 3 is 2.67 bits per heavy atom. The maximum Gasteiger partial charge on any atom is 0.271 e. The fraction of sp³-hybridized carbons (Fsp3) is 0.500. The molecule has 0 saturated carbocycles. The molecular formula is C12H17N3O5S. The van der Waals surface area contributed by atoms with Crippen molar-refractivity contribution < 1.29 is 18.4 Å².